The van der Waals surface area contributed by atoms with Crippen LogP contribution in [0.25, 0.3) is 0 Å². The minimum absolute atomic E-state index is 0.0741. The lowest BCUT2D eigenvalue weighted by Crippen LogP contribution is -1.90. The van der Waals surface area contributed by atoms with E-state index in [-0.39, 0.29) is 5.78 Å². The van der Waals surface area contributed by atoms with Gasteiger partial charge in [0.25, 0.3) is 0 Å². The molecule has 10 heavy (non-hydrogen) atoms. The van der Waals surface area contributed by atoms with Crippen molar-refractivity contribution in [3.05, 3.63) is 24.3 Å². The third-order valence-corrected chi connectivity index (χ3v) is 1.37. The summed E-state index contributed by atoms with van der Waals surface area (Å²) >= 11 is 0. The van der Waals surface area contributed by atoms with Crippen LogP contribution in [0.3, 0.4) is 0 Å². The molecule has 0 saturated heterocycles. The van der Waals surface area contributed by atoms with E-state index in [1.807, 2.05) is 13.8 Å². The van der Waals surface area contributed by atoms with Crippen molar-refractivity contribution >= 4 is 5.78 Å². The number of allylic oxidation sites excluding steroid dienone is 2. The van der Waals surface area contributed by atoms with Gasteiger partial charge in [-0.3, -0.25) is 4.79 Å². The average Bonchev–Trinajstić information content (AvgIpc) is 2.25. The number of Topliss-reactive ketones (excluding diaryl/α,β-unsaturated/α-hetero) is 1. The highest BCUT2D eigenvalue weighted by molar-refractivity contribution is 6.09. The zero-order chi connectivity index (χ0) is 8.15. The van der Waals surface area contributed by atoms with Gasteiger partial charge in [0.15, 0.2) is 5.78 Å². The predicted octanol–water partition coefficient (Wildman–Crippen LogP) is 2.49. The van der Waals surface area contributed by atoms with Gasteiger partial charge in [0.2, 0.25) is 0 Å². The van der Waals surface area contributed by atoms with Crippen LogP contribution in [0.2, 0.25) is 0 Å². The summed E-state index contributed by atoms with van der Waals surface area (Å²) in [6.45, 7) is 11.2. The fraction of sp³-hybridized carbons (Fsp3) is 0.444. The van der Waals surface area contributed by atoms with E-state index in [1.54, 1.807) is 0 Å². The van der Waals surface area contributed by atoms with Crippen molar-refractivity contribution in [3.8, 4) is 0 Å². The van der Waals surface area contributed by atoms with Gasteiger partial charge < -0.3 is 0 Å². The molecule has 0 unspecified atom stereocenters. The number of carbonyl (C=O) groups is 1. The van der Waals surface area contributed by atoms with E-state index in [2.05, 4.69) is 13.2 Å². The van der Waals surface area contributed by atoms with Gasteiger partial charge >= 0.3 is 0 Å². The predicted molar refractivity (Wildman–Crippen MR) is 43.9 cm³/mol. The molecule has 1 heteroatoms. The Labute approximate surface area is 62.4 Å². The largest absolute Gasteiger partial charge is 0.289 e. The maximum atomic E-state index is 10.7. The number of hydrogen-bond donors (Lipinski definition) is 0. The minimum Gasteiger partial charge on any atom is -0.289 e. The molecule has 1 saturated carbocycles. The molecule has 56 valence electrons. The van der Waals surface area contributed by atoms with E-state index < -0.39 is 0 Å². The molecule has 1 aliphatic rings. The number of ketones is 1. The lowest BCUT2D eigenvalue weighted by Gasteiger charge is -1.83. The van der Waals surface area contributed by atoms with E-state index in [0.717, 1.165) is 24.0 Å². The van der Waals surface area contributed by atoms with Gasteiger partial charge in [0, 0.05) is 0 Å². The van der Waals surface area contributed by atoms with E-state index in [9.17, 15) is 4.79 Å². The average molecular weight is 138 g/mol. The van der Waals surface area contributed by atoms with Crippen molar-refractivity contribution in [3.63, 3.8) is 0 Å². The van der Waals surface area contributed by atoms with E-state index >= 15 is 0 Å². The topological polar surface area (TPSA) is 17.1 Å². The molecule has 0 N–H and O–H groups in total. The van der Waals surface area contributed by atoms with Gasteiger partial charge in [-0.1, -0.05) is 27.0 Å². The van der Waals surface area contributed by atoms with E-state index in [1.165, 1.54) is 0 Å². The van der Waals surface area contributed by atoms with Crippen molar-refractivity contribution in [2.45, 2.75) is 26.7 Å². The zero-order valence-corrected chi connectivity index (χ0v) is 6.74. The molecule has 0 bridgehead atoms. The maximum Gasteiger partial charge on any atom is 0.183 e. The molecule has 0 aromatic carbocycles. The molecule has 0 aliphatic heterocycles. The smallest absolute Gasteiger partial charge is 0.183 e. The third kappa shape index (κ3) is 1.83. The molecule has 1 aliphatic carbocycles. The first-order valence-electron chi connectivity index (χ1n) is 3.62. The first-order valence-corrected chi connectivity index (χ1v) is 3.62. The Morgan fingerprint density at radius 1 is 1.10 bits per heavy atom. The zero-order valence-electron chi connectivity index (χ0n) is 6.74. The van der Waals surface area contributed by atoms with Gasteiger partial charge in [0.1, 0.15) is 0 Å². The fourth-order valence-electron chi connectivity index (χ4n) is 0.779. The summed E-state index contributed by atoms with van der Waals surface area (Å²) < 4.78 is 0. The SMILES string of the molecule is C=C1CCC(=C)C1=O.CC. The first kappa shape index (κ1) is 9.15. The van der Waals surface area contributed by atoms with Crippen LogP contribution in [0.15, 0.2) is 24.3 Å². The van der Waals surface area contributed by atoms with Gasteiger partial charge in [-0.25, -0.2) is 0 Å². The van der Waals surface area contributed by atoms with Crippen LogP contribution in [0.4, 0.5) is 0 Å². The maximum absolute atomic E-state index is 10.7. The van der Waals surface area contributed by atoms with Gasteiger partial charge in [-0.15, -0.1) is 0 Å². The second kappa shape index (κ2) is 4.04. The summed E-state index contributed by atoms with van der Waals surface area (Å²) in [7, 11) is 0. The van der Waals surface area contributed by atoms with Crippen molar-refractivity contribution in [1.29, 1.82) is 0 Å². The van der Waals surface area contributed by atoms with Crippen molar-refractivity contribution < 1.29 is 4.79 Å². The molecule has 0 atom stereocenters. The van der Waals surface area contributed by atoms with Crippen LogP contribution >= 0.6 is 0 Å². The highest BCUT2D eigenvalue weighted by Crippen LogP contribution is 2.22. The van der Waals surface area contributed by atoms with Crippen LogP contribution in [0.5, 0.6) is 0 Å². The monoisotopic (exact) mass is 138 g/mol. The summed E-state index contributed by atoms with van der Waals surface area (Å²) in [4.78, 5) is 10.7. The number of carbonyl (C=O) groups excluding carboxylic acids is 1. The molecule has 0 aromatic rings. The lowest BCUT2D eigenvalue weighted by molar-refractivity contribution is -0.111. The van der Waals surface area contributed by atoms with Crippen molar-refractivity contribution in [2.75, 3.05) is 0 Å². The Bertz CT molecular complexity index is 148. The highest BCUT2D eigenvalue weighted by atomic mass is 16.1. The Morgan fingerprint density at radius 2 is 1.40 bits per heavy atom. The van der Waals surface area contributed by atoms with E-state index in [0.29, 0.717) is 0 Å². The normalized spacial score (nSPS) is 16.8. The Morgan fingerprint density at radius 3 is 1.50 bits per heavy atom. The van der Waals surface area contributed by atoms with Crippen molar-refractivity contribution in [1.82, 2.24) is 0 Å². The van der Waals surface area contributed by atoms with Crippen LogP contribution in [-0.4, -0.2) is 5.78 Å². The van der Waals surface area contributed by atoms with E-state index in [4.69, 9.17) is 0 Å². The highest BCUT2D eigenvalue weighted by Gasteiger charge is 2.18. The fourth-order valence-corrected chi connectivity index (χ4v) is 0.779. The molecule has 0 spiro atoms. The summed E-state index contributed by atoms with van der Waals surface area (Å²) in [6, 6.07) is 0. The summed E-state index contributed by atoms with van der Waals surface area (Å²) in [5.41, 5.74) is 1.44. The standard InChI is InChI=1S/C7H8O.C2H6/c1-5-3-4-6(2)7(5)8;1-2/h1-4H2;1-2H3. The van der Waals surface area contributed by atoms with Crippen LogP contribution in [-0.2, 0) is 4.79 Å². The molecule has 0 aromatic heterocycles. The summed E-state index contributed by atoms with van der Waals surface area (Å²) in [5.74, 6) is 0.0741. The van der Waals surface area contributed by atoms with Gasteiger partial charge in [0.05, 0.1) is 0 Å². The molecule has 1 rings (SSSR count). The van der Waals surface area contributed by atoms with Gasteiger partial charge in [-0.05, 0) is 24.0 Å². The van der Waals surface area contributed by atoms with Crippen molar-refractivity contribution in [2.24, 2.45) is 0 Å². The lowest BCUT2D eigenvalue weighted by atomic mass is 10.2. The second-order valence-corrected chi connectivity index (χ2v) is 2.04. The minimum atomic E-state index is 0.0741. The second-order valence-electron chi connectivity index (χ2n) is 2.04. The molecule has 0 radical (unpaired) electrons. The molecule has 0 heterocycles. The Hall–Kier alpha value is -0.850. The number of rotatable bonds is 0. The van der Waals surface area contributed by atoms with Crippen LogP contribution in [0.1, 0.15) is 26.7 Å². The Balaban J connectivity index is 0.000000371. The first-order chi connectivity index (χ1) is 4.72. The molecule has 0 amide bonds. The third-order valence-electron chi connectivity index (χ3n) is 1.37. The quantitative estimate of drug-likeness (QED) is 0.470. The summed E-state index contributed by atoms with van der Waals surface area (Å²) in [6.07, 6.45) is 1.63. The summed E-state index contributed by atoms with van der Waals surface area (Å²) in [5, 5.41) is 0. The van der Waals surface area contributed by atoms with Gasteiger partial charge in [-0.2, -0.15) is 0 Å². The number of hydrogen-bond acceptors (Lipinski definition) is 1. The Kier molecular flexibility index (Phi) is 3.70. The van der Waals surface area contributed by atoms with Crippen LogP contribution in [0, 0.1) is 0 Å². The molecular weight excluding hydrogens is 124 g/mol. The van der Waals surface area contributed by atoms with Crippen LogP contribution < -0.4 is 0 Å². The molecule has 1 fully saturated rings. The molecular formula is C9H14O. The molecule has 1 nitrogen and oxygen atoms in total.